The molecule has 0 aromatic heterocycles. The zero-order valence-corrected chi connectivity index (χ0v) is 22.9. The largest absolute Gasteiger partial charge is 0.354 e. The smallest absolute Gasteiger partial charge is 0.269 e. The Balaban J connectivity index is 1.61. The van der Waals surface area contributed by atoms with Crippen LogP contribution < -0.4 is 5.32 Å². The van der Waals surface area contributed by atoms with Crippen LogP contribution in [0.5, 0.6) is 0 Å². The molecular formula is C30H33N3O5S. The van der Waals surface area contributed by atoms with Crippen molar-refractivity contribution in [3.8, 4) is 0 Å². The normalized spacial score (nSPS) is 14.6. The first kappa shape index (κ1) is 28.0. The van der Waals surface area contributed by atoms with Gasteiger partial charge in [-0.1, -0.05) is 86.6 Å². The summed E-state index contributed by atoms with van der Waals surface area (Å²) in [6.45, 7) is 4.28. The Bertz CT molecular complexity index is 1430. The third-order valence-electron chi connectivity index (χ3n) is 6.59. The minimum absolute atomic E-state index is 0.0568. The first-order valence-electron chi connectivity index (χ1n) is 13.0. The van der Waals surface area contributed by atoms with Crippen molar-refractivity contribution in [3.05, 3.63) is 102 Å². The molecule has 4 rings (SSSR count). The number of amides is 3. The van der Waals surface area contributed by atoms with Crippen LogP contribution >= 0.6 is 0 Å². The SMILES string of the molecule is CC(C)CNC(=O)[C@H](Cc1ccccc1)N(Cc1ccccc1)C(=O)CCN1C(=O)c2ccccc2S1(=O)=O. The minimum Gasteiger partial charge on any atom is -0.354 e. The number of benzene rings is 3. The molecule has 0 unspecified atom stereocenters. The van der Waals surface area contributed by atoms with Crippen LogP contribution in [0.4, 0.5) is 0 Å². The number of carbonyl (C=O) groups is 3. The van der Waals surface area contributed by atoms with Crippen LogP contribution in [0.2, 0.25) is 0 Å². The Morgan fingerprint density at radius 3 is 2.08 bits per heavy atom. The maximum absolute atomic E-state index is 13.8. The molecule has 1 heterocycles. The molecule has 204 valence electrons. The average molecular weight is 548 g/mol. The van der Waals surface area contributed by atoms with E-state index in [4.69, 9.17) is 0 Å². The van der Waals surface area contributed by atoms with Crippen molar-refractivity contribution in [1.29, 1.82) is 0 Å². The summed E-state index contributed by atoms with van der Waals surface area (Å²) in [6.07, 6.45) is 0.0320. The summed E-state index contributed by atoms with van der Waals surface area (Å²) >= 11 is 0. The molecule has 3 aromatic rings. The van der Waals surface area contributed by atoms with E-state index in [-0.39, 0.29) is 48.2 Å². The molecule has 0 saturated carbocycles. The predicted octanol–water partition coefficient (Wildman–Crippen LogP) is 3.63. The maximum Gasteiger partial charge on any atom is 0.269 e. The monoisotopic (exact) mass is 547 g/mol. The van der Waals surface area contributed by atoms with E-state index in [2.05, 4.69) is 5.32 Å². The molecular weight excluding hydrogens is 514 g/mol. The van der Waals surface area contributed by atoms with E-state index < -0.39 is 27.9 Å². The van der Waals surface area contributed by atoms with Crippen LogP contribution in [-0.2, 0) is 32.6 Å². The fourth-order valence-corrected chi connectivity index (χ4v) is 6.12. The van der Waals surface area contributed by atoms with Gasteiger partial charge in [-0.25, -0.2) is 12.7 Å². The zero-order chi connectivity index (χ0) is 28.0. The van der Waals surface area contributed by atoms with E-state index in [1.54, 1.807) is 12.1 Å². The lowest BCUT2D eigenvalue weighted by Crippen LogP contribution is -2.51. The fraction of sp³-hybridized carbons (Fsp3) is 0.300. The highest BCUT2D eigenvalue weighted by molar-refractivity contribution is 7.90. The number of sulfonamides is 1. The molecule has 0 spiro atoms. The second-order valence-corrected chi connectivity index (χ2v) is 11.8. The molecule has 0 saturated heterocycles. The summed E-state index contributed by atoms with van der Waals surface area (Å²) < 4.78 is 26.8. The first-order valence-corrected chi connectivity index (χ1v) is 14.4. The summed E-state index contributed by atoms with van der Waals surface area (Å²) in [5, 5.41) is 2.96. The topological polar surface area (TPSA) is 104 Å². The minimum atomic E-state index is -4.05. The summed E-state index contributed by atoms with van der Waals surface area (Å²) in [5.41, 5.74) is 1.82. The molecule has 0 aliphatic carbocycles. The molecule has 0 fully saturated rings. The van der Waals surface area contributed by atoms with Crippen molar-refractivity contribution >= 4 is 27.7 Å². The van der Waals surface area contributed by atoms with Crippen LogP contribution in [0.1, 0.15) is 41.8 Å². The summed E-state index contributed by atoms with van der Waals surface area (Å²) in [6, 6.07) is 24.0. The van der Waals surface area contributed by atoms with E-state index >= 15 is 0 Å². The van der Waals surface area contributed by atoms with Crippen molar-refractivity contribution in [2.75, 3.05) is 13.1 Å². The highest BCUT2D eigenvalue weighted by atomic mass is 32.2. The van der Waals surface area contributed by atoms with Crippen LogP contribution in [0.25, 0.3) is 0 Å². The number of fused-ring (bicyclic) bond motifs is 1. The Morgan fingerprint density at radius 2 is 1.46 bits per heavy atom. The summed E-state index contributed by atoms with van der Waals surface area (Å²) in [5.74, 6) is -1.13. The van der Waals surface area contributed by atoms with Gasteiger partial charge >= 0.3 is 0 Å². The number of nitrogens with zero attached hydrogens (tertiary/aromatic N) is 2. The molecule has 1 aliphatic rings. The Labute approximate surface area is 229 Å². The summed E-state index contributed by atoms with van der Waals surface area (Å²) in [7, 11) is -4.05. The van der Waals surface area contributed by atoms with E-state index in [0.29, 0.717) is 6.54 Å². The Hall–Kier alpha value is -3.98. The number of rotatable bonds is 11. The maximum atomic E-state index is 13.8. The lowest BCUT2D eigenvalue weighted by atomic mass is 10.0. The third-order valence-corrected chi connectivity index (χ3v) is 8.43. The van der Waals surface area contributed by atoms with Crippen LogP contribution in [0.15, 0.2) is 89.8 Å². The van der Waals surface area contributed by atoms with E-state index in [0.717, 1.165) is 15.4 Å². The van der Waals surface area contributed by atoms with Gasteiger partial charge in [0, 0.05) is 32.5 Å². The lowest BCUT2D eigenvalue weighted by Gasteiger charge is -2.32. The van der Waals surface area contributed by atoms with Gasteiger partial charge in [-0.2, -0.15) is 0 Å². The van der Waals surface area contributed by atoms with E-state index in [9.17, 15) is 22.8 Å². The highest BCUT2D eigenvalue weighted by Crippen LogP contribution is 2.30. The molecule has 3 aromatic carbocycles. The Morgan fingerprint density at radius 1 is 0.872 bits per heavy atom. The van der Waals surface area contributed by atoms with Gasteiger partial charge in [-0.05, 0) is 29.2 Å². The average Bonchev–Trinajstić information content (AvgIpc) is 3.13. The molecule has 0 radical (unpaired) electrons. The first-order chi connectivity index (χ1) is 18.7. The molecule has 0 bridgehead atoms. The van der Waals surface area contributed by atoms with Gasteiger partial charge < -0.3 is 10.2 Å². The van der Waals surface area contributed by atoms with Crippen molar-refractivity contribution in [2.24, 2.45) is 5.92 Å². The van der Waals surface area contributed by atoms with Crippen LogP contribution in [0.3, 0.4) is 0 Å². The second-order valence-electron chi connectivity index (χ2n) is 9.98. The second kappa shape index (κ2) is 12.3. The van der Waals surface area contributed by atoms with E-state index in [1.165, 1.54) is 17.0 Å². The number of hydrogen-bond acceptors (Lipinski definition) is 5. The molecule has 1 N–H and O–H groups in total. The van der Waals surface area contributed by atoms with Gasteiger partial charge in [0.1, 0.15) is 10.9 Å². The van der Waals surface area contributed by atoms with Crippen molar-refractivity contribution < 1.29 is 22.8 Å². The molecule has 39 heavy (non-hydrogen) atoms. The molecule has 1 aliphatic heterocycles. The quantitative estimate of drug-likeness (QED) is 0.395. The van der Waals surface area contributed by atoms with Gasteiger partial charge in [0.15, 0.2) is 0 Å². The van der Waals surface area contributed by atoms with E-state index in [1.807, 2.05) is 74.5 Å². The molecule has 8 nitrogen and oxygen atoms in total. The van der Waals surface area contributed by atoms with Gasteiger partial charge in [-0.3, -0.25) is 14.4 Å². The predicted molar refractivity (Wildman–Crippen MR) is 148 cm³/mol. The number of hydrogen-bond donors (Lipinski definition) is 1. The lowest BCUT2D eigenvalue weighted by molar-refractivity contribution is -0.141. The van der Waals surface area contributed by atoms with Crippen LogP contribution in [-0.4, -0.2) is 54.5 Å². The fourth-order valence-electron chi connectivity index (χ4n) is 4.55. The van der Waals surface area contributed by atoms with Crippen molar-refractivity contribution in [3.63, 3.8) is 0 Å². The Kier molecular flexibility index (Phi) is 8.81. The van der Waals surface area contributed by atoms with Gasteiger partial charge in [-0.15, -0.1) is 0 Å². The summed E-state index contributed by atoms with van der Waals surface area (Å²) in [4.78, 5) is 41.6. The van der Waals surface area contributed by atoms with Crippen molar-refractivity contribution in [1.82, 2.24) is 14.5 Å². The number of carbonyl (C=O) groups excluding carboxylic acids is 3. The molecule has 9 heteroatoms. The van der Waals surface area contributed by atoms with Gasteiger partial charge in [0.2, 0.25) is 11.8 Å². The van der Waals surface area contributed by atoms with Gasteiger partial charge in [0.05, 0.1) is 5.56 Å². The zero-order valence-electron chi connectivity index (χ0n) is 22.1. The molecule has 1 atom stereocenters. The van der Waals surface area contributed by atoms with Crippen molar-refractivity contribution in [2.45, 2.75) is 44.2 Å². The third kappa shape index (κ3) is 6.54. The van der Waals surface area contributed by atoms with Crippen LogP contribution in [0, 0.1) is 5.92 Å². The standard InChI is InChI=1S/C30H33N3O5S/c1-22(2)20-31-29(35)26(19-23-11-5-3-6-12-23)32(21-24-13-7-4-8-14-24)28(34)17-18-33-30(36)25-15-9-10-16-27(25)39(33,37)38/h3-16,22,26H,17-21H2,1-2H3,(H,31,35)/t26-/m0/s1. The number of nitrogens with one attached hydrogen (secondary N) is 1. The van der Waals surface area contributed by atoms with Gasteiger partial charge in [0.25, 0.3) is 15.9 Å². The molecule has 3 amide bonds. The highest BCUT2D eigenvalue weighted by Gasteiger charge is 2.41.